The summed E-state index contributed by atoms with van der Waals surface area (Å²) in [6.45, 7) is 4.49. The van der Waals surface area contributed by atoms with Crippen LogP contribution in [0.25, 0.3) is 11.1 Å². The van der Waals surface area contributed by atoms with Gasteiger partial charge in [-0.2, -0.15) is 0 Å². The van der Waals surface area contributed by atoms with E-state index in [0.717, 1.165) is 22.3 Å². The van der Waals surface area contributed by atoms with Crippen LogP contribution in [0.2, 0.25) is 5.02 Å². The van der Waals surface area contributed by atoms with Crippen LogP contribution < -0.4 is 9.04 Å². The number of sulfonamides is 1. The predicted octanol–water partition coefficient (Wildman–Crippen LogP) is 5.85. The first-order valence-corrected chi connectivity index (χ1v) is 14.4. The van der Waals surface area contributed by atoms with Gasteiger partial charge in [-0.3, -0.25) is 9.10 Å². The highest BCUT2D eigenvalue weighted by atomic mass is 35.5. The molecule has 9 heteroatoms. The van der Waals surface area contributed by atoms with E-state index in [0.29, 0.717) is 42.5 Å². The molecule has 5 rings (SSSR count). The molecule has 7 nitrogen and oxygen atoms in total. The Bertz CT molecular complexity index is 1460. The highest BCUT2D eigenvalue weighted by molar-refractivity contribution is 7.92. The van der Waals surface area contributed by atoms with Gasteiger partial charge < -0.3 is 14.6 Å². The second kappa shape index (κ2) is 10.2. The highest BCUT2D eigenvalue weighted by Crippen LogP contribution is 2.44. The van der Waals surface area contributed by atoms with Gasteiger partial charge in [-0.05, 0) is 85.3 Å². The molecule has 1 fully saturated rings. The van der Waals surface area contributed by atoms with Crippen LogP contribution in [0.1, 0.15) is 30.4 Å². The zero-order valence-electron chi connectivity index (χ0n) is 21.3. The molecule has 2 heterocycles. The van der Waals surface area contributed by atoms with E-state index in [9.17, 15) is 18.3 Å². The average Bonchev–Trinajstić information content (AvgIpc) is 2.88. The van der Waals surface area contributed by atoms with Crippen LogP contribution in [0.4, 0.5) is 5.69 Å². The number of aliphatic carboxylic acids is 1. The lowest BCUT2D eigenvalue weighted by Gasteiger charge is -2.40. The third-order valence-electron chi connectivity index (χ3n) is 7.37. The van der Waals surface area contributed by atoms with Crippen molar-refractivity contribution in [2.75, 3.05) is 24.1 Å². The van der Waals surface area contributed by atoms with Gasteiger partial charge >= 0.3 is 5.97 Å². The largest absolute Gasteiger partial charge is 0.486 e. The molecule has 3 aromatic carbocycles. The maximum Gasteiger partial charge on any atom is 0.309 e. The smallest absolute Gasteiger partial charge is 0.309 e. The molecule has 0 spiro atoms. The second-order valence-electron chi connectivity index (χ2n) is 10.2. The topological polar surface area (TPSA) is 93.1 Å². The summed E-state index contributed by atoms with van der Waals surface area (Å²) in [4.78, 5) is 12.5. The zero-order valence-corrected chi connectivity index (χ0v) is 22.9. The number of hydrogen-bond acceptors (Lipinski definition) is 5. The minimum atomic E-state index is -3.97. The molecule has 1 N–H and O–H groups in total. The van der Waals surface area contributed by atoms with E-state index in [1.807, 2.05) is 44.2 Å². The van der Waals surface area contributed by atoms with E-state index in [-0.39, 0.29) is 17.9 Å². The van der Waals surface area contributed by atoms with E-state index >= 15 is 0 Å². The van der Waals surface area contributed by atoms with Gasteiger partial charge in [-0.15, -0.1) is 0 Å². The quantitative estimate of drug-likeness (QED) is 0.410. The molecule has 200 valence electrons. The first-order chi connectivity index (χ1) is 18.1. The third kappa shape index (κ3) is 5.13. The summed E-state index contributed by atoms with van der Waals surface area (Å²) >= 11 is 6.30. The molecule has 2 aliphatic rings. The number of nitrogens with zero attached hydrogens (tertiary/aromatic N) is 1. The molecule has 2 aliphatic heterocycles. The molecule has 38 heavy (non-hydrogen) atoms. The van der Waals surface area contributed by atoms with Crippen molar-refractivity contribution in [1.29, 1.82) is 0 Å². The fraction of sp³-hybridized carbons (Fsp3) is 0.345. The molecule has 0 saturated carbocycles. The Hall–Kier alpha value is -3.07. The van der Waals surface area contributed by atoms with Crippen molar-refractivity contribution in [3.8, 4) is 16.9 Å². The Balaban J connectivity index is 1.59. The van der Waals surface area contributed by atoms with Crippen LogP contribution in [0.5, 0.6) is 5.75 Å². The lowest BCUT2D eigenvalue weighted by atomic mass is 9.75. The van der Waals surface area contributed by atoms with Crippen LogP contribution in [-0.2, 0) is 19.6 Å². The van der Waals surface area contributed by atoms with Crippen molar-refractivity contribution in [3.05, 3.63) is 76.8 Å². The van der Waals surface area contributed by atoms with E-state index in [2.05, 4.69) is 0 Å². The number of benzene rings is 3. The Labute approximate surface area is 228 Å². The Morgan fingerprint density at radius 3 is 2.47 bits per heavy atom. The summed E-state index contributed by atoms with van der Waals surface area (Å²) < 4.78 is 41.1. The normalized spacial score (nSPS) is 18.9. The molecule has 0 aliphatic carbocycles. The van der Waals surface area contributed by atoms with Gasteiger partial charge in [0.25, 0.3) is 10.0 Å². The number of halogens is 1. The zero-order chi connectivity index (χ0) is 27.1. The number of anilines is 1. The SMILES string of the molecule is Cc1cc(Cl)cc(-c2ccc3c(c2)N(S(=O)(=O)c2cccc(C)c2)C[C@H](CC2(C(=O)O)CCOCC2)O3)c1. The molecule has 3 aromatic rings. The number of hydrogen-bond donors (Lipinski definition) is 1. The summed E-state index contributed by atoms with van der Waals surface area (Å²) in [7, 11) is -3.97. The molecular weight excluding hydrogens is 526 g/mol. The van der Waals surface area contributed by atoms with Gasteiger partial charge in [-0.25, -0.2) is 8.42 Å². The van der Waals surface area contributed by atoms with Crippen molar-refractivity contribution < 1.29 is 27.8 Å². The molecule has 1 atom stereocenters. The number of carboxylic acids is 1. The van der Waals surface area contributed by atoms with Crippen molar-refractivity contribution in [2.24, 2.45) is 5.41 Å². The molecule has 0 aromatic heterocycles. The number of ether oxygens (including phenoxy) is 2. The van der Waals surface area contributed by atoms with E-state index in [1.54, 1.807) is 30.3 Å². The third-order valence-corrected chi connectivity index (χ3v) is 9.36. The minimum absolute atomic E-state index is 0.00279. The summed E-state index contributed by atoms with van der Waals surface area (Å²) in [5.74, 6) is -0.512. The number of fused-ring (bicyclic) bond motifs is 1. The summed E-state index contributed by atoms with van der Waals surface area (Å²) in [5.41, 5.74) is 2.85. The lowest BCUT2D eigenvalue weighted by molar-refractivity contribution is -0.157. The van der Waals surface area contributed by atoms with E-state index in [4.69, 9.17) is 21.1 Å². The van der Waals surface area contributed by atoms with E-state index in [1.165, 1.54) is 4.31 Å². The van der Waals surface area contributed by atoms with Crippen LogP contribution >= 0.6 is 11.6 Å². The molecular formula is C29H30ClNO6S. The lowest BCUT2D eigenvalue weighted by Crippen LogP contribution is -2.48. The van der Waals surface area contributed by atoms with Crippen molar-refractivity contribution >= 4 is 33.3 Å². The van der Waals surface area contributed by atoms with Crippen LogP contribution in [0, 0.1) is 19.3 Å². The highest BCUT2D eigenvalue weighted by Gasteiger charge is 2.45. The Kier molecular flexibility index (Phi) is 7.15. The fourth-order valence-corrected chi connectivity index (χ4v) is 7.23. The molecule has 0 unspecified atom stereocenters. The molecule has 0 radical (unpaired) electrons. The first kappa shape index (κ1) is 26.5. The van der Waals surface area contributed by atoms with Gasteiger partial charge in [0.1, 0.15) is 11.9 Å². The second-order valence-corrected chi connectivity index (χ2v) is 12.5. The minimum Gasteiger partial charge on any atom is -0.486 e. The maximum absolute atomic E-state index is 14.0. The van der Waals surface area contributed by atoms with E-state index < -0.39 is 27.5 Å². The number of rotatable bonds is 6. The number of aryl methyl sites for hydroxylation is 2. The maximum atomic E-state index is 14.0. The van der Waals surface area contributed by atoms with Gasteiger partial charge in [0, 0.05) is 24.7 Å². The number of carbonyl (C=O) groups is 1. The summed E-state index contributed by atoms with van der Waals surface area (Å²) in [5, 5.41) is 10.7. The van der Waals surface area contributed by atoms with Gasteiger partial charge in [-0.1, -0.05) is 35.9 Å². The monoisotopic (exact) mass is 555 g/mol. The van der Waals surface area contributed by atoms with Crippen molar-refractivity contribution in [3.63, 3.8) is 0 Å². The Morgan fingerprint density at radius 2 is 1.79 bits per heavy atom. The fourth-order valence-electron chi connectivity index (χ4n) is 5.33. The molecule has 0 amide bonds. The van der Waals surface area contributed by atoms with Gasteiger partial charge in [0.2, 0.25) is 0 Å². The predicted molar refractivity (Wildman–Crippen MR) is 146 cm³/mol. The molecule has 0 bridgehead atoms. The van der Waals surface area contributed by atoms with Crippen molar-refractivity contribution in [2.45, 2.75) is 44.1 Å². The van der Waals surface area contributed by atoms with Crippen molar-refractivity contribution in [1.82, 2.24) is 0 Å². The number of carboxylic acid groups (broad SMARTS) is 1. The summed E-state index contributed by atoms with van der Waals surface area (Å²) in [6, 6.07) is 17.9. The standard InChI is InChI=1S/C29H30ClNO6S/c1-19-4-3-5-25(14-19)38(34,35)31-18-24(17-29(28(32)33)8-10-36-11-9-29)37-27-7-6-21(16-26(27)31)22-12-20(2)13-23(30)15-22/h3-7,12-16,24H,8-11,17-18H2,1-2H3,(H,32,33)/t24-/m0/s1. The first-order valence-electron chi connectivity index (χ1n) is 12.6. The average molecular weight is 556 g/mol. The van der Waals surface area contributed by atoms with Crippen LogP contribution in [0.3, 0.4) is 0 Å². The van der Waals surface area contributed by atoms with Gasteiger partial charge in [0.15, 0.2) is 0 Å². The van der Waals surface area contributed by atoms with Gasteiger partial charge in [0.05, 0.1) is 22.5 Å². The van der Waals surface area contributed by atoms with Crippen LogP contribution in [0.15, 0.2) is 65.6 Å². The summed E-state index contributed by atoms with van der Waals surface area (Å²) in [6.07, 6.45) is 0.246. The molecule has 1 saturated heterocycles. The van der Waals surface area contributed by atoms with Crippen LogP contribution in [-0.4, -0.2) is 45.4 Å². The Morgan fingerprint density at radius 1 is 1.03 bits per heavy atom.